The fourth-order valence-electron chi connectivity index (χ4n) is 1.42. The maximum absolute atomic E-state index is 11.6. The number of ether oxygens (including phenoxy) is 1. The summed E-state index contributed by atoms with van der Waals surface area (Å²) in [5.74, 6) is -0.776. The summed E-state index contributed by atoms with van der Waals surface area (Å²) in [5, 5.41) is 4.91. The van der Waals surface area contributed by atoms with Crippen molar-refractivity contribution in [2.75, 3.05) is 18.4 Å². The summed E-state index contributed by atoms with van der Waals surface area (Å²) >= 11 is 0. The first kappa shape index (κ1) is 16.0. The topological polar surface area (TPSA) is 93.4 Å². The molecule has 1 aromatic carbocycles. The van der Waals surface area contributed by atoms with Gasteiger partial charge in [0.15, 0.2) is 0 Å². The monoisotopic (exact) mass is 279 g/mol. The normalized spacial score (nSPS) is 11.6. The van der Waals surface area contributed by atoms with Crippen LogP contribution in [-0.4, -0.2) is 31.0 Å². The Balaban J connectivity index is 2.61. The number of rotatable bonds is 6. The molecular formula is C14H21N3O3. The van der Waals surface area contributed by atoms with Gasteiger partial charge in [-0.05, 0) is 25.5 Å². The van der Waals surface area contributed by atoms with Crippen molar-refractivity contribution in [3.63, 3.8) is 0 Å². The molecule has 1 rings (SSSR count). The number of hydrogen-bond acceptors (Lipinski definition) is 4. The van der Waals surface area contributed by atoms with E-state index in [1.807, 2.05) is 13.8 Å². The van der Waals surface area contributed by atoms with Gasteiger partial charge in [-0.15, -0.1) is 0 Å². The maximum atomic E-state index is 11.6. The summed E-state index contributed by atoms with van der Waals surface area (Å²) < 4.78 is 5.64. The maximum Gasteiger partial charge on any atom is 0.313 e. The minimum atomic E-state index is -0.723. The Morgan fingerprint density at radius 1 is 1.35 bits per heavy atom. The van der Waals surface area contributed by atoms with Crippen molar-refractivity contribution in [1.29, 1.82) is 0 Å². The lowest BCUT2D eigenvalue weighted by atomic mass is 10.2. The van der Waals surface area contributed by atoms with Gasteiger partial charge in [0.05, 0.1) is 6.10 Å². The molecule has 0 heterocycles. The highest BCUT2D eigenvalue weighted by Gasteiger charge is 2.13. The predicted molar refractivity (Wildman–Crippen MR) is 77.5 cm³/mol. The van der Waals surface area contributed by atoms with Crippen LogP contribution in [0, 0.1) is 0 Å². The van der Waals surface area contributed by atoms with E-state index >= 15 is 0 Å². The Bertz CT molecular complexity index is 463. The molecule has 0 bridgehead atoms. The van der Waals surface area contributed by atoms with Crippen LogP contribution in [0.1, 0.15) is 20.3 Å². The molecule has 4 N–H and O–H groups in total. The first-order valence-electron chi connectivity index (χ1n) is 6.62. The Morgan fingerprint density at radius 3 is 2.75 bits per heavy atom. The van der Waals surface area contributed by atoms with Gasteiger partial charge >= 0.3 is 11.8 Å². The van der Waals surface area contributed by atoms with E-state index in [0.717, 1.165) is 6.42 Å². The van der Waals surface area contributed by atoms with Crippen LogP contribution in [0.4, 0.5) is 5.69 Å². The van der Waals surface area contributed by atoms with Gasteiger partial charge in [-0.1, -0.05) is 13.0 Å². The molecule has 6 heteroatoms. The van der Waals surface area contributed by atoms with Crippen molar-refractivity contribution in [3.05, 3.63) is 24.3 Å². The number of benzene rings is 1. The quantitative estimate of drug-likeness (QED) is 0.674. The molecule has 0 saturated heterocycles. The van der Waals surface area contributed by atoms with Crippen LogP contribution in [0.15, 0.2) is 24.3 Å². The Morgan fingerprint density at radius 2 is 2.10 bits per heavy atom. The molecule has 0 saturated carbocycles. The van der Waals surface area contributed by atoms with Gasteiger partial charge in [-0.3, -0.25) is 9.59 Å². The molecule has 0 aliphatic carbocycles. The number of hydrogen-bond donors (Lipinski definition) is 3. The third kappa shape index (κ3) is 5.27. The largest absolute Gasteiger partial charge is 0.491 e. The molecule has 0 aliphatic rings. The molecule has 1 aromatic rings. The highest BCUT2D eigenvalue weighted by Crippen LogP contribution is 2.19. The SMILES string of the molecule is CCC(C)Oc1cccc(NC(=O)C(=O)NCCN)c1. The van der Waals surface area contributed by atoms with Crippen LogP contribution in [0.3, 0.4) is 0 Å². The van der Waals surface area contributed by atoms with Gasteiger partial charge in [0.1, 0.15) is 5.75 Å². The number of nitrogens with two attached hydrogens (primary N) is 1. The molecule has 1 atom stereocenters. The molecule has 110 valence electrons. The van der Waals surface area contributed by atoms with Gasteiger partial charge in [0.2, 0.25) is 0 Å². The number of amides is 2. The van der Waals surface area contributed by atoms with Crippen LogP contribution in [0.5, 0.6) is 5.75 Å². The molecule has 0 radical (unpaired) electrons. The highest BCUT2D eigenvalue weighted by molar-refractivity contribution is 6.39. The average Bonchev–Trinajstić information content (AvgIpc) is 2.44. The third-order valence-electron chi connectivity index (χ3n) is 2.64. The first-order valence-corrected chi connectivity index (χ1v) is 6.62. The van der Waals surface area contributed by atoms with Gasteiger partial charge < -0.3 is 21.1 Å². The fraction of sp³-hybridized carbons (Fsp3) is 0.429. The molecular weight excluding hydrogens is 258 g/mol. The van der Waals surface area contributed by atoms with E-state index in [-0.39, 0.29) is 19.2 Å². The number of carbonyl (C=O) groups excluding carboxylic acids is 2. The zero-order chi connectivity index (χ0) is 15.0. The Kier molecular flexibility index (Phi) is 6.52. The lowest BCUT2D eigenvalue weighted by Gasteiger charge is -2.13. The van der Waals surface area contributed by atoms with Gasteiger partial charge in [0.25, 0.3) is 0 Å². The standard InChI is InChI=1S/C14H21N3O3/c1-3-10(2)20-12-6-4-5-11(9-12)17-14(19)13(18)16-8-7-15/h4-6,9-10H,3,7-8,15H2,1-2H3,(H,16,18)(H,17,19). The molecule has 20 heavy (non-hydrogen) atoms. The molecule has 1 unspecified atom stereocenters. The highest BCUT2D eigenvalue weighted by atomic mass is 16.5. The van der Waals surface area contributed by atoms with Gasteiger partial charge in [-0.2, -0.15) is 0 Å². The van der Waals surface area contributed by atoms with Crippen molar-refractivity contribution in [3.8, 4) is 5.75 Å². The van der Waals surface area contributed by atoms with Crippen molar-refractivity contribution in [2.24, 2.45) is 5.73 Å². The van der Waals surface area contributed by atoms with E-state index in [2.05, 4.69) is 10.6 Å². The predicted octanol–water partition coefficient (Wildman–Crippen LogP) is 0.877. The summed E-state index contributed by atoms with van der Waals surface area (Å²) in [6.45, 7) is 4.55. The second kappa shape index (κ2) is 8.16. The molecule has 0 aromatic heterocycles. The lowest BCUT2D eigenvalue weighted by molar-refractivity contribution is -0.136. The zero-order valence-electron chi connectivity index (χ0n) is 11.8. The van der Waals surface area contributed by atoms with Crippen molar-refractivity contribution in [1.82, 2.24) is 5.32 Å². The lowest BCUT2D eigenvalue weighted by Crippen LogP contribution is -2.37. The van der Waals surface area contributed by atoms with E-state index in [0.29, 0.717) is 11.4 Å². The average molecular weight is 279 g/mol. The van der Waals surface area contributed by atoms with Crippen molar-refractivity contribution >= 4 is 17.5 Å². The molecule has 0 aliphatic heterocycles. The number of anilines is 1. The fourth-order valence-corrected chi connectivity index (χ4v) is 1.42. The van der Waals surface area contributed by atoms with Gasteiger partial charge in [-0.25, -0.2) is 0 Å². The van der Waals surface area contributed by atoms with Crippen molar-refractivity contribution in [2.45, 2.75) is 26.4 Å². The van der Waals surface area contributed by atoms with E-state index < -0.39 is 11.8 Å². The minimum absolute atomic E-state index is 0.0915. The van der Waals surface area contributed by atoms with Gasteiger partial charge in [0, 0.05) is 24.8 Å². The van der Waals surface area contributed by atoms with E-state index in [4.69, 9.17) is 10.5 Å². The molecule has 6 nitrogen and oxygen atoms in total. The summed E-state index contributed by atoms with van der Waals surface area (Å²) in [6, 6.07) is 6.93. The summed E-state index contributed by atoms with van der Waals surface area (Å²) in [6.07, 6.45) is 0.978. The van der Waals surface area contributed by atoms with Crippen LogP contribution in [0.2, 0.25) is 0 Å². The van der Waals surface area contributed by atoms with Crippen LogP contribution >= 0.6 is 0 Å². The Hall–Kier alpha value is -2.08. The molecule has 0 spiro atoms. The Labute approximate surface area is 118 Å². The smallest absolute Gasteiger partial charge is 0.313 e. The summed E-state index contributed by atoms with van der Waals surface area (Å²) in [4.78, 5) is 23.0. The van der Waals surface area contributed by atoms with Crippen LogP contribution in [0.25, 0.3) is 0 Å². The first-order chi connectivity index (χ1) is 9.56. The van der Waals surface area contributed by atoms with E-state index in [1.165, 1.54) is 0 Å². The second-order valence-corrected chi connectivity index (χ2v) is 4.36. The molecule has 0 fully saturated rings. The van der Waals surface area contributed by atoms with Crippen LogP contribution in [-0.2, 0) is 9.59 Å². The minimum Gasteiger partial charge on any atom is -0.491 e. The van der Waals surface area contributed by atoms with E-state index in [1.54, 1.807) is 24.3 Å². The zero-order valence-corrected chi connectivity index (χ0v) is 11.8. The second-order valence-electron chi connectivity index (χ2n) is 4.36. The molecule has 2 amide bonds. The number of nitrogens with one attached hydrogen (secondary N) is 2. The van der Waals surface area contributed by atoms with Crippen molar-refractivity contribution < 1.29 is 14.3 Å². The summed E-state index contributed by atoms with van der Waals surface area (Å²) in [7, 11) is 0. The van der Waals surface area contributed by atoms with E-state index in [9.17, 15) is 9.59 Å². The third-order valence-corrected chi connectivity index (χ3v) is 2.64. The summed E-state index contributed by atoms with van der Waals surface area (Å²) in [5.41, 5.74) is 5.76. The number of carbonyl (C=O) groups is 2. The van der Waals surface area contributed by atoms with Crippen LogP contribution < -0.4 is 21.1 Å².